The summed E-state index contributed by atoms with van der Waals surface area (Å²) in [6, 6.07) is 5.26. The van der Waals surface area contributed by atoms with E-state index in [1.54, 1.807) is 18.2 Å². The summed E-state index contributed by atoms with van der Waals surface area (Å²) in [5, 5.41) is 7.92. The topological polar surface area (TPSA) is 24.1 Å². The van der Waals surface area contributed by atoms with Crippen molar-refractivity contribution in [1.82, 2.24) is 5.32 Å². The Morgan fingerprint density at radius 1 is 1.35 bits per heavy atom. The fourth-order valence-corrected chi connectivity index (χ4v) is 1.90. The third-order valence-corrected chi connectivity index (χ3v) is 2.98. The molecule has 0 bridgehead atoms. The number of nitrogens with one attached hydrogen (secondary N) is 2. The molecular weight excluding hydrogens is 275 g/mol. The second-order valence-corrected chi connectivity index (χ2v) is 5.44. The lowest BCUT2D eigenvalue weighted by Gasteiger charge is -2.12. The Morgan fingerprint density at radius 3 is 2.65 bits per heavy atom. The van der Waals surface area contributed by atoms with Crippen molar-refractivity contribution in [3.63, 3.8) is 0 Å². The van der Waals surface area contributed by atoms with Gasteiger partial charge in [0.25, 0.3) is 0 Å². The molecule has 0 aliphatic carbocycles. The first kappa shape index (κ1) is 14.6. The molecule has 0 heterocycles. The highest BCUT2D eigenvalue weighted by Gasteiger charge is 2.03. The van der Waals surface area contributed by atoms with Crippen molar-refractivity contribution in [3.05, 3.63) is 28.2 Å². The molecule has 2 nitrogen and oxygen atoms in total. The summed E-state index contributed by atoms with van der Waals surface area (Å²) in [7, 11) is 0. The van der Waals surface area contributed by atoms with E-state index < -0.39 is 0 Å². The summed E-state index contributed by atoms with van der Waals surface area (Å²) >= 11 is 17.0. The van der Waals surface area contributed by atoms with Crippen molar-refractivity contribution >= 4 is 46.2 Å². The van der Waals surface area contributed by atoms with Crippen LogP contribution < -0.4 is 10.6 Å². The lowest BCUT2D eigenvalue weighted by atomic mass is 10.1. The average Bonchev–Trinajstić information content (AvgIpc) is 2.21. The van der Waals surface area contributed by atoms with E-state index in [9.17, 15) is 0 Å². The molecule has 1 aromatic carbocycles. The smallest absolute Gasteiger partial charge is 0.170 e. The van der Waals surface area contributed by atoms with Crippen LogP contribution in [0.1, 0.15) is 20.3 Å². The van der Waals surface area contributed by atoms with Gasteiger partial charge < -0.3 is 10.6 Å². The predicted octanol–water partition coefficient (Wildman–Crippen LogP) is 4.33. The van der Waals surface area contributed by atoms with E-state index in [0.29, 0.717) is 21.1 Å². The van der Waals surface area contributed by atoms with E-state index in [-0.39, 0.29) is 0 Å². The zero-order valence-electron chi connectivity index (χ0n) is 9.89. The van der Waals surface area contributed by atoms with Gasteiger partial charge in [0, 0.05) is 11.6 Å². The molecule has 0 fully saturated rings. The number of halogens is 2. The minimum Gasteiger partial charge on any atom is -0.362 e. The van der Waals surface area contributed by atoms with Crippen LogP contribution in [-0.4, -0.2) is 11.7 Å². The maximum atomic E-state index is 6.02. The van der Waals surface area contributed by atoms with Crippen molar-refractivity contribution < 1.29 is 0 Å². The summed E-state index contributed by atoms with van der Waals surface area (Å²) in [6.45, 7) is 5.21. The Hall–Kier alpha value is -0.510. The molecule has 0 saturated heterocycles. The molecule has 94 valence electrons. The molecule has 5 heteroatoms. The van der Waals surface area contributed by atoms with Gasteiger partial charge in [-0.2, -0.15) is 0 Å². The maximum absolute atomic E-state index is 6.02. The van der Waals surface area contributed by atoms with Gasteiger partial charge in [-0.05, 0) is 42.8 Å². The monoisotopic (exact) mass is 290 g/mol. The van der Waals surface area contributed by atoms with E-state index >= 15 is 0 Å². The first-order valence-electron chi connectivity index (χ1n) is 5.49. The minimum atomic E-state index is 0.561. The van der Waals surface area contributed by atoms with Crippen molar-refractivity contribution in [2.75, 3.05) is 11.9 Å². The quantitative estimate of drug-likeness (QED) is 0.808. The molecule has 0 saturated carbocycles. The van der Waals surface area contributed by atoms with E-state index in [0.717, 1.165) is 18.7 Å². The molecule has 0 spiro atoms. The Morgan fingerprint density at radius 2 is 2.06 bits per heavy atom. The van der Waals surface area contributed by atoms with Crippen molar-refractivity contribution in [2.24, 2.45) is 5.92 Å². The third kappa shape index (κ3) is 5.57. The van der Waals surface area contributed by atoms with E-state index in [1.807, 2.05) is 0 Å². The molecule has 1 aromatic rings. The molecule has 0 unspecified atom stereocenters. The number of benzene rings is 1. The van der Waals surface area contributed by atoms with Crippen LogP contribution in [0.15, 0.2) is 18.2 Å². The average molecular weight is 291 g/mol. The van der Waals surface area contributed by atoms with Crippen LogP contribution in [0.5, 0.6) is 0 Å². The molecule has 0 amide bonds. The first-order valence-corrected chi connectivity index (χ1v) is 6.65. The summed E-state index contributed by atoms with van der Waals surface area (Å²) < 4.78 is 0. The Labute approximate surface area is 118 Å². The normalized spacial score (nSPS) is 10.4. The Balaban J connectivity index is 2.45. The molecule has 0 aliphatic heterocycles. The van der Waals surface area contributed by atoms with E-state index in [2.05, 4.69) is 24.5 Å². The molecule has 0 aliphatic rings. The highest BCUT2D eigenvalue weighted by Crippen LogP contribution is 2.25. The van der Waals surface area contributed by atoms with Gasteiger partial charge in [0.05, 0.1) is 10.7 Å². The Bertz CT molecular complexity index is 394. The summed E-state index contributed by atoms with van der Waals surface area (Å²) in [5.74, 6) is 0.657. The van der Waals surface area contributed by atoms with Gasteiger partial charge in [0.15, 0.2) is 5.11 Å². The second kappa shape index (κ2) is 7.04. The third-order valence-electron chi connectivity index (χ3n) is 2.19. The predicted molar refractivity (Wildman–Crippen MR) is 80.1 cm³/mol. The minimum absolute atomic E-state index is 0.561. The van der Waals surface area contributed by atoms with Crippen LogP contribution in [0, 0.1) is 5.92 Å². The van der Waals surface area contributed by atoms with Crippen LogP contribution in [0.4, 0.5) is 5.69 Å². The van der Waals surface area contributed by atoms with Gasteiger partial charge in [0.1, 0.15) is 0 Å². The highest BCUT2D eigenvalue weighted by atomic mass is 35.5. The fraction of sp³-hybridized carbons (Fsp3) is 0.417. The number of rotatable bonds is 4. The van der Waals surface area contributed by atoms with Crippen LogP contribution >= 0.6 is 35.4 Å². The molecule has 2 N–H and O–H groups in total. The fourth-order valence-electron chi connectivity index (χ4n) is 1.23. The van der Waals surface area contributed by atoms with Crippen molar-refractivity contribution in [2.45, 2.75) is 20.3 Å². The lowest BCUT2D eigenvalue weighted by molar-refractivity contribution is 0.579. The standard InChI is InChI=1S/C12H16Cl2N2S/c1-8(2)5-6-15-12(17)16-11-4-3-9(13)7-10(11)14/h3-4,7-8H,5-6H2,1-2H3,(H2,15,16,17). The SMILES string of the molecule is CC(C)CCNC(=S)Nc1ccc(Cl)cc1Cl. The zero-order chi connectivity index (χ0) is 12.8. The largest absolute Gasteiger partial charge is 0.362 e. The summed E-state index contributed by atoms with van der Waals surface area (Å²) in [6.07, 6.45) is 1.08. The van der Waals surface area contributed by atoms with Crippen molar-refractivity contribution in [3.8, 4) is 0 Å². The number of thiocarbonyl (C=S) groups is 1. The first-order chi connectivity index (χ1) is 7.99. The van der Waals surface area contributed by atoms with Gasteiger partial charge in [-0.3, -0.25) is 0 Å². The lowest BCUT2D eigenvalue weighted by Crippen LogP contribution is -2.29. The molecule has 0 atom stereocenters. The van der Waals surface area contributed by atoms with Gasteiger partial charge in [-0.1, -0.05) is 37.0 Å². The number of anilines is 1. The summed E-state index contributed by atoms with van der Waals surface area (Å²) in [4.78, 5) is 0. The van der Waals surface area contributed by atoms with Crippen molar-refractivity contribution in [1.29, 1.82) is 0 Å². The summed E-state index contributed by atoms with van der Waals surface area (Å²) in [5.41, 5.74) is 0.762. The zero-order valence-corrected chi connectivity index (χ0v) is 12.2. The van der Waals surface area contributed by atoms with Gasteiger partial charge in [-0.25, -0.2) is 0 Å². The number of hydrogen-bond acceptors (Lipinski definition) is 1. The molecular formula is C12H16Cl2N2S. The van der Waals surface area contributed by atoms with E-state index in [4.69, 9.17) is 35.4 Å². The van der Waals surface area contributed by atoms with Gasteiger partial charge in [-0.15, -0.1) is 0 Å². The van der Waals surface area contributed by atoms with Crippen LogP contribution in [0.3, 0.4) is 0 Å². The second-order valence-electron chi connectivity index (χ2n) is 4.19. The highest BCUT2D eigenvalue weighted by molar-refractivity contribution is 7.80. The van der Waals surface area contributed by atoms with E-state index in [1.165, 1.54) is 0 Å². The number of hydrogen-bond donors (Lipinski definition) is 2. The molecule has 17 heavy (non-hydrogen) atoms. The Kier molecular flexibility index (Phi) is 6.03. The van der Waals surface area contributed by atoms with Crippen LogP contribution in [0.2, 0.25) is 10.0 Å². The molecule has 1 rings (SSSR count). The van der Waals surface area contributed by atoms with Gasteiger partial charge >= 0.3 is 0 Å². The van der Waals surface area contributed by atoms with Crippen LogP contribution in [0.25, 0.3) is 0 Å². The van der Waals surface area contributed by atoms with Crippen LogP contribution in [-0.2, 0) is 0 Å². The molecule has 0 radical (unpaired) electrons. The maximum Gasteiger partial charge on any atom is 0.170 e. The molecule has 0 aromatic heterocycles. The van der Waals surface area contributed by atoms with Gasteiger partial charge in [0.2, 0.25) is 0 Å².